The molecular weight excluding hydrogens is 593 g/mol. The number of pyridine rings is 1. The summed E-state index contributed by atoms with van der Waals surface area (Å²) in [5.41, 5.74) is 2.63. The van der Waals surface area contributed by atoms with E-state index in [1.165, 1.54) is 10.9 Å². The lowest BCUT2D eigenvalue weighted by molar-refractivity contribution is -0.119. The second kappa shape index (κ2) is 13.5. The highest BCUT2D eigenvalue weighted by Crippen LogP contribution is 2.51. The molecule has 0 spiro atoms. The molecule has 5 rings (SSSR count). The molecule has 2 saturated carbocycles. The number of hydrogen-bond donors (Lipinski definition) is 3. The number of halogens is 1. The maximum absolute atomic E-state index is 15.6. The predicted molar refractivity (Wildman–Crippen MR) is 172 cm³/mol. The predicted octanol–water partition coefficient (Wildman–Crippen LogP) is 4.94. The third kappa shape index (κ3) is 7.87. The molecule has 0 bridgehead atoms. The summed E-state index contributed by atoms with van der Waals surface area (Å²) in [5, 5.41) is 24.1. The molecule has 3 aromatic heterocycles. The monoisotopic (exact) mass is 639 g/mol. The molecule has 244 valence electrons. The van der Waals surface area contributed by atoms with Gasteiger partial charge in [-0.05, 0) is 88.5 Å². The van der Waals surface area contributed by atoms with Gasteiger partial charge in [-0.3, -0.25) is 14.3 Å². The number of carbonyl (C=O) groups is 2. The van der Waals surface area contributed by atoms with E-state index in [-0.39, 0.29) is 30.8 Å². The van der Waals surface area contributed by atoms with Gasteiger partial charge in [0.2, 0.25) is 11.9 Å². The minimum Gasteiger partial charge on any atom is -0.394 e. The zero-order valence-electron chi connectivity index (χ0n) is 27.1. The number of hydrogen-bond acceptors (Lipinski definition) is 7. The Morgan fingerprint density at radius 1 is 1.13 bits per heavy atom. The van der Waals surface area contributed by atoms with E-state index >= 15 is 4.39 Å². The highest BCUT2D eigenvalue weighted by molar-refractivity contribution is 6.76. The van der Waals surface area contributed by atoms with Gasteiger partial charge in [-0.15, -0.1) is 0 Å². The Morgan fingerprint density at radius 2 is 1.82 bits per heavy atom. The second-order valence-corrected chi connectivity index (χ2v) is 19.4. The number of ether oxygens (including phenoxy) is 1. The number of carbonyl (C=O) groups excluding carboxylic acids is 2. The number of aromatic nitrogens is 5. The van der Waals surface area contributed by atoms with Crippen molar-refractivity contribution in [2.45, 2.75) is 91.0 Å². The number of nitrogens with zero attached hydrogens (tertiary/aromatic N) is 5. The molecule has 3 N–H and O–H groups in total. The number of amides is 2. The van der Waals surface area contributed by atoms with Crippen molar-refractivity contribution in [3.8, 4) is 11.1 Å². The fraction of sp³-hybridized carbons (Fsp3) is 0.594. The third-order valence-corrected chi connectivity index (χ3v) is 10.5. The van der Waals surface area contributed by atoms with E-state index in [1.807, 2.05) is 13.8 Å². The number of aliphatic hydroxyl groups is 1. The molecule has 3 aromatic rings. The first-order chi connectivity index (χ1) is 21.4. The Bertz CT molecular complexity index is 1510. The first kappa shape index (κ1) is 33.0. The smallest absolute Gasteiger partial charge is 0.270 e. The van der Waals surface area contributed by atoms with Gasteiger partial charge >= 0.3 is 0 Å². The van der Waals surface area contributed by atoms with Gasteiger partial charge in [0.25, 0.3) is 5.91 Å². The van der Waals surface area contributed by atoms with Crippen LogP contribution in [0.1, 0.15) is 60.5 Å². The third-order valence-electron chi connectivity index (χ3n) is 8.83. The fourth-order valence-corrected chi connectivity index (χ4v) is 6.76. The minimum absolute atomic E-state index is 0.0196. The molecule has 0 radical (unpaired) electrons. The molecule has 2 amide bonds. The summed E-state index contributed by atoms with van der Waals surface area (Å²) in [4.78, 5) is 31.3. The van der Waals surface area contributed by atoms with Crippen LogP contribution in [-0.2, 0) is 16.3 Å². The summed E-state index contributed by atoms with van der Waals surface area (Å²) in [5.74, 6) is -0.838. The van der Waals surface area contributed by atoms with Crippen molar-refractivity contribution in [3.63, 3.8) is 0 Å². The summed E-state index contributed by atoms with van der Waals surface area (Å²) >= 11 is 0. The van der Waals surface area contributed by atoms with Gasteiger partial charge in [-0.1, -0.05) is 19.6 Å². The molecule has 2 atom stereocenters. The van der Waals surface area contributed by atoms with Gasteiger partial charge in [-0.25, -0.2) is 9.67 Å². The zero-order valence-corrected chi connectivity index (χ0v) is 28.1. The molecular formula is C32H46FN7O4Si. The van der Waals surface area contributed by atoms with Crippen molar-refractivity contribution in [2.75, 3.05) is 18.5 Å². The summed E-state index contributed by atoms with van der Waals surface area (Å²) in [6.07, 6.45) is 5.54. The highest BCUT2D eigenvalue weighted by atomic mass is 28.3. The maximum Gasteiger partial charge on any atom is 0.270 e. The standard InChI is InChI=1S/C32H46FN7O4Si/c1-19(17-41)40-25(13-14-34-40)31(42)37-29(28(22-7-8-22)23-9-10-23)32(43)36-26-12-11-24(30(33)35-26)27-20(2)38-39(21(27)3)18-44-15-16-45(4,5)6/h11-14,19,22-23,28-29,41H,7-10,15-18H2,1-6H3,(H,37,42)(H,35,36,43)/t19-,29-/m0/s1. The Morgan fingerprint density at radius 3 is 2.42 bits per heavy atom. The molecule has 2 fully saturated rings. The molecule has 0 saturated heterocycles. The van der Waals surface area contributed by atoms with E-state index in [0.29, 0.717) is 35.3 Å². The first-order valence-electron chi connectivity index (χ1n) is 15.9. The number of aryl methyl sites for hydroxylation is 1. The van der Waals surface area contributed by atoms with E-state index in [2.05, 4.69) is 45.5 Å². The first-order valence-corrected chi connectivity index (χ1v) is 19.6. The van der Waals surface area contributed by atoms with Gasteiger partial charge in [-0.2, -0.15) is 14.6 Å². The van der Waals surface area contributed by atoms with Crippen LogP contribution >= 0.6 is 0 Å². The van der Waals surface area contributed by atoms with Crippen molar-refractivity contribution in [1.29, 1.82) is 0 Å². The Labute approximate surface area is 265 Å². The largest absolute Gasteiger partial charge is 0.394 e. The Hall–Kier alpha value is -3.42. The summed E-state index contributed by atoms with van der Waals surface area (Å²) in [7, 11) is -1.21. The highest BCUT2D eigenvalue weighted by Gasteiger charge is 2.48. The number of nitrogens with one attached hydrogen (secondary N) is 2. The SMILES string of the molecule is Cc1nn(COCC[Si](C)(C)C)c(C)c1-c1ccc(NC(=O)[C@@H](NC(=O)c2ccnn2[C@@H](C)CO)C(C2CC2)C2CC2)nc1F. The van der Waals surface area contributed by atoms with Gasteiger partial charge in [0.05, 0.1) is 18.3 Å². The van der Waals surface area contributed by atoms with Crippen LogP contribution in [0.3, 0.4) is 0 Å². The maximum atomic E-state index is 15.6. The summed E-state index contributed by atoms with van der Waals surface area (Å²) < 4.78 is 24.6. The lowest BCUT2D eigenvalue weighted by Crippen LogP contribution is -2.50. The van der Waals surface area contributed by atoms with Crippen molar-refractivity contribution in [3.05, 3.63) is 47.4 Å². The van der Waals surface area contributed by atoms with E-state index in [9.17, 15) is 14.7 Å². The number of aliphatic hydroxyl groups excluding tert-OH is 1. The zero-order chi connectivity index (χ0) is 32.5. The van der Waals surface area contributed by atoms with Crippen LogP contribution in [0.4, 0.5) is 10.2 Å². The van der Waals surface area contributed by atoms with E-state index in [4.69, 9.17) is 4.74 Å². The molecule has 0 aromatic carbocycles. The van der Waals surface area contributed by atoms with E-state index in [0.717, 1.165) is 37.4 Å². The molecule has 13 heteroatoms. The fourth-order valence-electron chi connectivity index (χ4n) is 6.00. The van der Waals surface area contributed by atoms with Crippen molar-refractivity contribution in [1.82, 2.24) is 29.9 Å². The van der Waals surface area contributed by atoms with Crippen molar-refractivity contribution >= 4 is 25.7 Å². The normalized spacial score (nSPS) is 16.6. The molecule has 11 nitrogen and oxygen atoms in total. The summed E-state index contributed by atoms with van der Waals surface area (Å²) in [6, 6.07) is 4.58. The molecule has 2 aliphatic carbocycles. The molecule has 45 heavy (non-hydrogen) atoms. The number of anilines is 1. The molecule has 0 unspecified atom stereocenters. The van der Waals surface area contributed by atoms with Gasteiger partial charge in [0, 0.05) is 37.7 Å². The average Bonchev–Trinajstić information content (AvgIpc) is 3.92. The van der Waals surface area contributed by atoms with Crippen molar-refractivity contribution in [2.24, 2.45) is 17.8 Å². The Balaban J connectivity index is 1.32. The molecule has 0 aliphatic heterocycles. The molecule has 3 heterocycles. The van der Waals surface area contributed by atoms with Crippen LogP contribution in [0.15, 0.2) is 24.4 Å². The van der Waals surface area contributed by atoms with Gasteiger partial charge in [0.1, 0.15) is 24.3 Å². The lowest BCUT2D eigenvalue weighted by Gasteiger charge is -2.27. The topological polar surface area (TPSA) is 136 Å². The van der Waals surface area contributed by atoms with Crippen LogP contribution < -0.4 is 10.6 Å². The van der Waals surface area contributed by atoms with Gasteiger partial charge in [0.15, 0.2) is 0 Å². The van der Waals surface area contributed by atoms with Crippen LogP contribution in [0, 0.1) is 37.5 Å². The van der Waals surface area contributed by atoms with Crippen molar-refractivity contribution < 1.29 is 23.8 Å². The van der Waals surface area contributed by atoms with Crippen LogP contribution in [-0.4, -0.2) is 68.8 Å². The van der Waals surface area contributed by atoms with Crippen LogP contribution in [0.5, 0.6) is 0 Å². The van der Waals surface area contributed by atoms with Crippen LogP contribution in [0.2, 0.25) is 25.7 Å². The molecule has 2 aliphatic rings. The average molecular weight is 640 g/mol. The minimum atomic E-state index is -1.21. The number of rotatable bonds is 15. The second-order valence-electron chi connectivity index (χ2n) is 13.8. The van der Waals surface area contributed by atoms with E-state index < -0.39 is 37.9 Å². The van der Waals surface area contributed by atoms with Crippen LogP contribution in [0.25, 0.3) is 11.1 Å². The Kier molecular flexibility index (Phi) is 9.90. The quantitative estimate of drug-likeness (QED) is 0.122. The summed E-state index contributed by atoms with van der Waals surface area (Å²) in [6.45, 7) is 13.1. The van der Waals surface area contributed by atoms with E-state index in [1.54, 1.807) is 29.8 Å². The lowest BCUT2D eigenvalue weighted by atomic mass is 9.88. The van der Waals surface area contributed by atoms with Gasteiger partial charge < -0.3 is 20.5 Å².